The summed E-state index contributed by atoms with van der Waals surface area (Å²) in [5, 5.41) is 16.0. The number of aryl methyl sites for hydroxylation is 1. The van der Waals surface area contributed by atoms with Crippen molar-refractivity contribution in [2.24, 2.45) is 7.05 Å². The summed E-state index contributed by atoms with van der Waals surface area (Å²) in [6.45, 7) is 4.34. The lowest BCUT2D eigenvalue weighted by molar-refractivity contribution is 0.321. The summed E-state index contributed by atoms with van der Waals surface area (Å²) in [7, 11) is 1.87. The highest BCUT2D eigenvalue weighted by molar-refractivity contribution is 7.99. The molecule has 3 rings (SSSR count). The van der Waals surface area contributed by atoms with Gasteiger partial charge in [0.25, 0.3) is 0 Å². The van der Waals surface area contributed by atoms with Crippen LogP contribution in [-0.2, 0) is 13.6 Å². The van der Waals surface area contributed by atoms with Crippen LogP contribution in [0.2, 0.25) is 0 Å². The minimum Gasteiger partial charge on any atom is -0.312 e. The largest absolute Gasteiger partial charge is 0.312 e. The summed E-state index contributed by atoms with van der Waals surface area (Å²) in [4.78, 5) is 2.52. The molecule has 1 fully saturated rings. The van der Waals surface area contributed by atoms with Crippen LogP contribution in [0.3, 0.4) is 0 Å². The van der Waals surface area contributed by atoms with Gasteiger partial charge in [-0.1, -0.05) is 42.1 Å². The Morgan fingerprint density at radius 3 is 2.95 bits per heavy atom. The minimum atomic E-state index is 0.599. The van der Waals surface area contributed by atoms with Crippen molar-refractivity contribution < 1.29 is 0 Å². The van der Waals surface area contributed by atoms with E-state index in [0.717, 1.165) is 30.5 Å². The molecular weight excluding hydrogens is 296 g/mol. The Bertz CT molecular complexity index is 572. The lowest BCUT2D eigenvalue weighted by atomic mass is 10.2. The maximum absolute atomic E-state index is 3.97. The van der Waals surface area contributed by atoms with Crippen LogP contribution in [0.15, 0.2) is 35.5 Å². The highest BCUT2D eigenvalue weighted by Gasteiger charge is 2.21. The van der Waals surface area contributed by atoms with Gasteiger partial charge in [-0.3, -0.25) is 4.90 Å². The molecule has 1 aliphatic rings. The van der Waals surface area contributed by atoms with Crippen LogP contribution < -0.4 is 5.32 Å². The molecule has 7 heteroatoms. The van der Waals surface area contributed by atoms with E-state index in [0.29, 0.717) is 6.04 Å². The van der Waals surface area contributed by atoms with Crippen LogP contribution in [0.1, 0.15) is 12.0 Å². The Morgan fingerprint density at radius 1 is 1.32 bits per heavy atom. The molecule has 1 atom stereocenters. The zero-order valence-electron chi connectivity index (χ0n) is 12.9. The summed E-state index contributed by atoms with van der Waals surface area (Å²) in [5.74, 6) is 0.989. The molecule has 6 nitrogen and oxygen atoms in total. The Kier molecular flexibility index (Phi) is 5.42. The third-order valence-electron chi connectivity index (χ3n) is 3.87. The van der Waals surface area contributed by atoms with Crippen molar-refractivity contribution >= 4 is 11.8 Å². The molecule has 2 aromatic rings. The number of rotatable bonds is 7. The lowest BCUT2D eigenvalue weighted by Gasteiger charge is -2.16. The fourth-order valence-electron chi connectivity index (χ4n) is 2.73. The number of tetrazole rings is 1. The number of hydrogen-bond acceptors (Lipinski definition) is 6. The summed E-state index contributed by atoms with van der Waals surface area (Å²) in [5.41, 5.74) is 1.40. The average molecular weight is 318 g/mol. The number of likely N-dealkylation sites (tertiary alicyclic amines) is 1. The van der Waals surface area contributed by atoms with Gasteiger partial charge in [-0.15, -0.1) is 5.10 Å². The van der Waals surface area contributed by atoms with E-state index in [1.165, 1.54) is 18.5 Å². The molecule has 1 aliphatic heterocycles. The van der Waals surface area contributed by atoms with E-state index < -0.39 is 0 Å². The van der Waals surface area contributed by atoms with Crippen molar-refractivity contribution in [1.82, 2.24) is 30.4 Å². The van der Waals surface area contributed by atoms with Gasteiger partial charge in [0, 0.05) is 45.0 Å². The van der Waals surface area contributed by atoms with Gasteiger partial charge >= 0.3 is 0 Å². The van der Waals surface area contributed by atoms with Crippen molar-refractivity contribution in [3.8, 4) is 0 Å². The lowest BCUT2D eigenvalue weighted by Crippen LogP contribution is -2.33. The van der Waals surface area contributed by atoms with Crippen LogP contribution in [0.25, 0.3) is 0 Å². The van der Waals surface area contributed by atoms with E-state index in [1.54, 1.807) is 16.4 Å². The first-order chi connectivity index (χ1) is 10.8. The number of thioether (sulfide) groups is 1. The quantitative estimate of drug-likeness (QED) is 0.611. The molecule has 118 valence electrons. The topological polar surface area (TPSA) is 58.9 Å². The zero-order valence-corrected chi connectivity index (χ0v) is 13.7. The van der Waals surface area contributed by atoms with Crippen molar-refractivity contribution in [3.05, 3.63) is 35.9 Å². The highest BCUT2D eigenvalue weighted by Crippen LogP contribution is 2.14. The molecule has 0 spiro atoms. The summed E-state index contributed by atoms with van der Waals surface area (Å²) in [6, 6.07) is 11.3. The SMILES string of the molecule is Cn1nnnc1SCCNC1CCN(Cc2ccccc2)C1. The van der Waals surface area contributed by atoms with Gasteiger partial charge < -0.3 is 5.32 Å². The van der Waals surface area contributed by atoms with Crippen molar-refractivity contribution in [3.63, 3.8) is 0 Å². The molecule has 0 radical (unpaired) electrons. The standard InChI is InChI=1S/C15H22N6S/c1-20-15(17-18-19-20)22-10-8-16-14-7-9-21(12-14)11-13-5-3-2-4-6-13/h2-6,14,16H,7-12H2,1H3. The Hall–Kier alpha value is -1.44. The predicted octanol–water partition coefficient (Wildman–Crippen LogP) is 1.17. The molecule has 0 saturated carbocycles. The monoisotopic (exact) mass is 318 g/mol. The van der Waals surface area contributed by atoms with Crippen molar-refractivity contribution in [2.45, 2.75) is 24.2 Å². The Balaban J connectivity index is 1.34. The molecule has 1 unspecified atom stereocenters. The van der Waals surface area contributed by atoms with Gasteiger partial charge in [0.1, 0.15) is 0 Å². The summed E-state index contributed by atoms with van der Waals surface area (Å²) in [6.07, 6.45) is 1.23. The molecule has 1 aromatic heterocycles. The van der Waals surface area contributed by atoms with Gasteiger partial charge in [0.15, 0.2) is 0 Å². The molecule has 0 amide bonds. The number of nitrogens with one attached hydrogen (secondary N) is 1. The number of nitrogens with zero attached hydrogens (tertiary/aromatic N) is 5. The van der Waals surface area contributed by atoms with E-state index in [1.807, 2.05) is 7.05 Å². The minimum absolute atomic E-state index is 0.599. The molecule has 2 heterocycles. The first-order valence-corrected chi connectivity index (χ1v) is 8.64. The molecule has 0 aliphatic carbocycles. The molecule has 1 saturated heterocycles. The molecular formula is C15H22N6S. The Morgan fingerprint density at radius 2 is 2.18 bits per heavy atom. The second kappa shape index (κ2) is 7.71. The fraction of sp³-hybridized carbons (Fsp3) is 0.533. The van der Waals surface area contributed by atoms with Crippen molar-refractivity contribution in [1.29, 1.82) is 0 Å². The van der Waals surface area contributed by atoms with Gasteiger partial charge in [-0.05, 0) is 22.4 Å². The second-order valence-electron chi connectivity index (χ2n) is 5.59. The first kappa shape index (κ1) is 15.5. The smallest absolute Gasteiger partial charge is 0.209 e. The summed E-state index contributed by atoms with van der Waals surface area (Å²) < 4.78 is 1.71. The number of aromatic nitrogens is 4. The van der Waals surface area contributed by atoms with Crippen LogP contribution in [0.5, 0.6) is 0 Å². The molecule has 1 N–H and O–H groups in total. The summed E-state index contributed by atoms with van der Waals surface area (Å²) >= 11 is 1.69. The fourth-order valence-corrected chi connectivity index (χ4v) is 3.45. The maximum atomic E-state index is 3.97. The van der Waals surface area contributed by atoms with E-state index >= 15 is 0 Å². The Labute approximate surface area is 135 Å². The van der Waals surface area contributed by atoms with Gasteiger partial charge in [0.05, 0.1) is 0 Å². The molecule has 22 heavy (non-hydrogen) atoms. The van der Waals surface area contributed by atoms with E-state index in [4.69, 9.17) is 0 Å². The van der Waals surface area contributed by atoms with E-state index in [9.17, 15) is 0 Å². The molecule has 1 aromatic carbocycles. The highest BCUT2D eigenvalue weighted by atomic mass is 32.2. The van der Waals surface area contributed by atoms with Crippen molar-refractivity contribution in [2.75, 3.05) is 25.4 Å². The first-order valence-electron chi connectivity index (χ1n) is 7.66. The van der Waals surface area contributed by atoms with Crippen LogP contribution in [-0.4, -0.2) is 56.5 Å². The van der Waals surface area contributed by atoms with Gasteiger partial charge in [-0.25, -0.2) is 4.68 Å². The van der Waals surface area contributed by atoms with E-state index in [2.05, 4.69) is 56.1 Å². The normalized spacial score (nSPS) is 18.9. The third-order valence-corrected chi connectivity index (χ3v) is 4.88. The average Bonchev–Trinajstić information content (AvgIpc) is 3.14. The maximum Gasteiger partial charge on any atom is 0.209 e. The van der Waals surface area contributed by atoms with E-state index in [-0.39, 0.29) is 0 Å². The van der Waals surface area contributed by atoms with Crippen LogP contribution in [0, 0.1) is 0 Å². The van der Waals surface area contributed by atoms with Crippen LogP contribution >= 0.6 is 11.8 Å². The van der Waals surface area contributed by atoms with Gasteiger partial charge in [-0.2, -0.15) is 0 Å². The van der Waals surface area contributed by atoms with Crippen LogP contribution in [0.4, 0.5) is 0 Å². The predicted molar refractivity (Wildman–Crippen MR) is 87.6 cm³/mol. The zero-order chi connectivity index (χ0) is 15.2. The number of hydrogen-bond donors (Lipinski definition) is 1. The number of benzene rings is 1. The third kappa shape index (κ3) is 4.28. The molecule has 0 bridgehead atoms. The van der Waals surface area contributed by atoms with Gasteiger partial charge in [0.2, 0.25) is 5.16 Å². The second-order valence-corrected chi connectivity index (χ2v) is 6.66.